The Bertz CT molecular complexity index is 578. The monoisotopic (exact) mass is 334 g/mol. The average Bonchev–Trinajstić information content (AvgIpc) is 2.85. The maximum atomic E-state index is 12.5. The van der Waals surface area contributed by atoms with E-state index in [0.29, 0.717) is 5.25 Å². The van der Waals surface area contributed by atoms with Gasteiger partial charge in [0.15, 0.2) is 0 Å². The first kappa shape index (κ1) is 16.1. The lowest BCUT2D eigenvalue weighted by Crippen LogP contribution is -2.38. The van der Waals surface area contributed by atoms with Crippen molar-refractivity contribution < 1.29 is 8.42 Å². The number of hydrogen-bond acceptors (Lipinski definition) is 4. The van der Waals surface area contributed by atoms with E-state index in [0.717, 1.165) is 24.8 Å². The molecule has 7 heteroatoms. The summed E-state index contributed by atoms with van der Waals surface area (Å²) in [6.07, 6.45) is 4.98. The van der Waals surface area contributed by atoms with Gasteiger partial charge >= 0.3 is 0 Å². The SMILES string of the molecule is CSC1CCCC1NS(=O)(=O)c1cc(CN)ccc1Cl. The van der Waals surface area contributed by atoms with Gasteiger partial charge in [-0.1, -0.05) is 24.1 Å². The Hall–Kier alpha value is -0.270. The van der Waals surface area contributed by atoms with Gasteiger partial charge in [0.1, 0.15) is 4.90 Å². The van der Waals surface area contributed by atoms with Gasteiger partial charge in [-0.3, -0.25) is 0 Å². The second kappa shape index (κ2) is 6.66. The fourth-order valence-corrected chi connectivity index (χ4v) is 5.37. The van der Waals surface area contributed by atoms with E-state index in [9.17, 15) is 8.42 Å². The molecule has 0 aromatic heterocycles. The van der Waals surface area contributed by atoms with E-state index in [-0.39, 0.29) is 22.5 Å². The minimum atomic E-state index is -3.60. The molecule has 112 valence electrons. The third-order valence-electron chi connectivity index (χ3n) is 3.58. The Morgan fingerprint density at radius 2 is 2.20 bits per heavy atom. The van der Waals surface area contributed by atoms with Crippen LogP contribution in [0, 0.1) is 0 Å². The Balaban J connectivity index is 2.26. The maximum absolute atomic E-state index is 12.5. The summed E-state index contributed by atoms with van der Waals surface area (Å²) in [4.78, 5) is 0.119. The summed E-state index contributed by atoms with van der Waals surface area (Å²) >= 11 is 7.74. The summed E-state index contributed by atoms with van der Waals surface area (Å²) in [7, 11) is -3.60. The fraction of sp³-hybridized carbons (Fsp3) is 0.538. The average molecular weight is 335 g/mol. The number of thioether (sulfide) groups is 1. The highest BCUT2D eigenvalue weighted by molar-refractivity contribution is 7.99. The minimum Gasteiger partial charge on any atom is -0.326 e. The molecule has 1 saturated carbocycles. The summed E-state index contributed by atoms with van der Waals surface area (Å²) in [5.41, 5.74) is 6.31. The van der Waals surface area contributed by atoms with E-state index in [2.05, 4.69) is 4.72 Å². The zero-order chi connectivity index (χ0) is 14.8. The molecule has 3 N–H and O–H groups in total. The van der Waals surface area contributed by atoms with Crippen LogP contribution in [0.5, 0.6) is 0 Å². The van der Waals surface area contributed by atoms with Crippen molar-refractivity contribution in [1.82, 2.24) is 4.72 Å². The molecule has 1 aliphatic carbocycles. The largest absolute Gasteiger partial charge is 0.326 e. The molecule has 2 rings (SSSR count). The Kier molecular flexibility index (Phi) is 5.36. The molecular weight excluding hydrogens is 316 g/mol. The van der Waals surface area contributed by atoms with Gasteiger partial charge < -0.3 is 5.73 Å². The van der Waals surface area contributed by atoms with Gasteiger partial charge in [-0.15, -0.1) is 0 Å². The number of sulfonamides is 1. The standard InChI is InChI=1S/C13H19ClN2O2S2/c1-19-12-4-2-3-11(12)16-20(17,18)13-7-9(8-15)5-6-10(13)14/h5-7,11-12,16H,2-4,8,15H2,1H3. The predicted octanol–water partition coefficient (Wildman–Crippen LogP) is 2.36. The first-order valence-corrected chi connectivity index (χ1v) is 9.66. The Morgan fingerprint density at radius 3 is 2.85 bits per heavy atom. The van der Waals surface area contributed by atoms with Crippen molar-refractivity contribution in [2.24, 2.45) is 5.73 Å². The van der Waals surface area contributed by atoms with Crippen molar-refractivity contribution in [3.63, 3.8) is 0 Å². The second-order valence-corrected chi connectivity index (χ2v) is 8.07. The van der Waals surface area contributed by atoms with Crippen molar-refractivity contribution >= 4 is 33.4 Å². The van der Waals surface area contributed by atoms with Crippen LogP contribution in [0.3, 0.4) is 0 Å². The van der Waals surface area contributed by atoms with E-state index in [1.165, 1.54) is 0 Å². The van der Waals surface area contributed by atoms with Crippen LogP contribution in [0.15, 0.2) is 23.1 Å². The van der Waals surface area contributed by atoms with Crippen LogP contribution in [-0.2, 0) is 16.6 Å². The van der Waals surface area contributed by atoms with Crippen molar-refractivity contribution in [3.8, 4) is 0 Å². The number of halogens is 1. The summed E-state index contributed by atoms with van der Waals surface area (Å²) in [6, 6.07) is 4.85. The third-order valence-corrected chi connectivity index (χ3v) is 6.72. The van der Waals surface area contributed by atoms with Gasteiger partial charge in [0.2, 0.25) is 10.0 Å². The molecule has 1 aliphatic rings. The second-order valence-electron chi connectivity index (χ2n) is 4.90. The molecule has 0 amide bonds. The summed E-state index contributed by atoms with van der Waals surface area (Å²) in [6.45, 7) is 0.288. The van der Waals surface area contributed by atoms with Crippen molar-refractivity contribution in [1.29, 1.82) is 0 Å². The maximum Gasteiger partial charge on any atom is 0.242 e. The molecule has 2 unspecified atom stereocenters. The first-order valence-electron chi connectivity index (χ1n) is 6.51. The third kappa shape index (κ3) is 3.49. The smallest absolute Gasteiger partial charge is 0.242 e. The van der Waals surface area contributed by atoms with Gasteiger partial charge in [-0.2, -0.15) is 11.8 Å². The summed E-state index contributed by atoms with van der Waals surface area (Å²) in [5.74, 6) is 0. The normalized spacial score (nSPS) is 23.1. The molecule has 1 aromatic rings. The molecule has 0 heterocycles. The van der Waals surface area contributed by atoms with Gasteiger partial charge in [0.25, 0.3) is 0 Å². The van der Waals surface area contributed by atoms with E-state index in [1.807, 2.05) is 6.26 Å². The fourth-order valence-electron chi connectivity index (χ4n) is 2.49. The molecule has 0 aliphatic heterocycles. The summed E-state index contributed by atoms with van der Waals surface area (Å²) < 4.78 is 27.8. The van der Waals surface area contributed by atoms with Crippen LogP contribution < -0.4 is 10.5 Å². The predicted molar refractivity (Wildman–Crippen MR) is 84.6 cm³/mol. The lowest BCUT2D eigenvalue weighted by atomic mass is 10.2. The van der Waals surface area contributed by atoms with Crippen LogP contribution in [-0.4, -0.2) is 26.0 Å². The van der Waals surface area contributed by atoms with E-state index in [4.69, 9.17) is 17.3 Å². The number of rotatable bonds is 5. The van der Waals surface area contributed by atoms with Crippen LogP contribution in [0.2, 0.25) is 5.02 Å². The minimum absolute atomic E-state index is 0.0207. The topological polar surface area (TPSA) is 72.2 Å². The number of nitrogens with two attached hydrogens (primary N) is 1. The van der Waals surface area contributed by atoms with Crippen LogP contribution >= 0.6 is 23.4 Å². The molecule has 0 bridgehead atoms. The Labute approximate surface area is 129 Å². The Morgan fingerprint density at radius 1 is 1.45 bits per heavy atom. The molecule has 20 heavy (non-hydrogen) atoms. The highest BCUT2D eigenvalue weighted by Crippen LogP contribution is 2.30. The number of nitrogens with one attached hydrogen (secondary N) is 1. The van der Waals surface area contributed by atoms with E-state index in [1.54, 1.807) is 30.0 Å². The molecule has 1 fully saturated rings. The molecule has 2 atom stereocenters. The lowest BCUT2D eigenvalue weighted by molar-refractivity contribution is 0.555. The molecular formula is C13H19ClN2O2S2. The highest BCUT2D eigenvalue weighted by Gasteiger charge is 2.31. The molecule has 0 spiro atoms. The number of hydrogen-bond donors (Lipinski definition) is 2. The van der Waals surface area contributed by atoms with Crippen LogP contribution in [0.1, 0.15) is 24.8 Å². The molecule has 0 radical (unpaired) electrons. The van der Waals surface area contributed by atoms with E-state index < -0.39 is 10.0 Å². The highest BCUT2D eigenvalue weighted by atomic mass is 35.5. The van der Waals surface area contributed by atoms with E-state index >= 15 is 0 Å². The van der Waals surface area contributed by atoms with Crippen molar-refractivity contribution in [2.75, 3.05) is 6.26 Å². The lowest BCUT2D eigenvalue weighted by Gasteiger charge is -2.19. The quantitative estimate of drug-likeness (QED) is 0.867. The molecule has 4 nitrogen and oxygen atoms in total. The molecule has 0 saturated heterocycles. The zero-order valence-electron chi connectivity index (χ0n) is 11.3. The van der Waals surface area contributed by atoms with Crippen molar-refractivity contribution in [3.05, 3.63) is 28.8 Å². The van der Waals surface area contributed by atoms with Gasteiger partial charge in [0, 0.05) is 17.8 Å². The van der Waals surface area contributed by atoms with Gasteiger partial charge in [-0.05, 0) is 36.8 Å². The number of benzene rings is 1. The summed E-state index contributed by atoms with van der Waals surface area (Å²) in [5, 5.41) is 0.564. The van der Waals surface area contributed by atoms with Gasteiger partial charge in [-0.25, -0.2) is 13.1 Å². The van der Waals surface area contributed by atoms with Crippen LogP contribution in [0.4, 0.5) is 0 Å². The zero-order valence-corrected chi connectivity index (χ0v) is 13.7. The van der Waals surface area contributed by atoms with Gasteiger partial charge in [0.05, 0.1) is 5.02 Å². The van der Waals surface area contributed by atoms with Crippen molar-refractivity contribution in [2.45, 2.75) is 42.0 Å². The first-order chi connectivity index (χ1) is 9.47. The van der Waals surface area contributed by atoms with Crippen LogP contribution in [0.25, 0.3) is 0 Å². The molecule has 1 aromatic carbocycles.